The molecule has 1 fully saturated rings. The fourth-order valence-electron chi connectivity index (χ4n) is 2.19. The molecule has 2 atom stereocenters. The topological polar surface area (TPSA) is 110 Å². The molecular formula is C13H14N2O5. The fraction of sp³-hybridized carbons (Fsp3) is 0.385. The zero-order valence-electron chi connectivity index (χ0n) is 10.8. The highest BCUT2D eigenvalue weighted by Gasteiger charge is 2.41. The van der Waals surface area contributed by atoms with Crippen LogP contribution in [0, 0.1) is 28.9 Å². The second kappa shape index (κ2) is 5.28. The maximum Gasteiger partial charge on any atom is 0.307 e. The van der Waals surface area contributed by atoms with Gasteiger partial charge in [-0.2, -0.15) is 0 Å². The van der Waals surface area contributed by atoms with E-state index < -0.39 is 28.6 Å². The lowest BCUT2D eigenvalue weighted by molar-refractivity contribution is -0.384. The summed E-state index contributed by atoms with van der Waals surface area (Å²) in [4.78, 5) is 33.1. The Balaban J connectivity index is 2.13. The normalized spacial score (nSPS) is 20.9. The second-order valence-corrected chi connectivity index (χ2v) is 4.87. The Morgan fingerprint density at radius 1 is 1.35 bits per heavy atom. The molecule has 1 aromatic rings. The summed E-state index contributed by atoms with van der Waals surface area (Å²) in [5.74, 6) is -2.60. The van der Waals surface area contributed by atoms with Crippen LogP contribution in [0.3, 0.4) is 0 Å². The molecule has 1 aliphatic rings. The van der Waals surface area contributed by atoms with E-state index >= 15 is 0 Å². The van der Waals surface area contributed by atoms with Gasteiger partial charge in [-0.05, 0) is 25.3 Å². The van der Waals surface area contributed by atoms with E-state index in [0.717, 1.165) is 0 Å². The number of carbonyl (C=O) groups is 2. The highest BCUT2D eigenvalue weighted by molar-refractivity contribution is 5.96. The van der Waals surface area contributed by atoms with Gasteiger partial charge in [-0.1, -0.05) is 6.07 Å². The van der Waals surface area contributed by atoms with Gasteiger partial charge in [-0.25, -0.2) is 0 Å². The molecule has 0 bridgehead atoms. The van der Waals surface area contributed by atoms with Gasteiger partial charge in [0, 0.05) is 12.1 Å². The van der Waals surface area contributed by atoms with Crippen LogP contribution in [0.25, 0.3) is 0 Å². The van der Waals surface area contributed by atoms with Gasteiger partial charge < -0.3 is 10.4 Å². The van der Waals surface area contributed by atoms with Crippen molar-refractivity contribution in [1.82, 2.24) is 0 Å². The maximum absolute atomic E-state index is 12.0. The first-order valence-corrected chi connectivity index (χ1v) is 6.19. The van der Waals surface area contributed by atoms with Gasteiger partial charge in [0.15, 0.2) is 0 Å². The van der Waals surface area contributed by atoms with Gasteiger partial charge in [0.2, 0.25) is 5.91 Å². The summed E-state index contributed by atoms with van der Waals surface area (Å²) in [5.41, 5.74) is 0.921. The number of anilines is 1. The molecule has 1 aromatic carbocycles. The third-order valence-corrected chi connectivity index (χ3v) is 3.62. The number of nitro groups is 1. The lowest BCUT2D eigenvalue weighted by atomic mass is 9.73. The van der Waals surface area contributed by atoms with Crippen LogP contribution in [0.1, 0.15) is 18.4 Å². The molecule has 20 heavy (non-hydrogen) atoms. The van der Waals surface area contributed by atoms with E-state index in [1.165, 1.54) is 12.1 Å². The zero-order chi connectivity index (χ0) is 14.9. The van der Waals surface area contributed by atoms with Crippen LogP contribution in [0.5, 0.6) is 0 Å². The highest BCUT2D eigenvalue weighted by Crippen LogP contribution is 2.35. The molecule has 1 amide bonds. The average Bonchev–Trinajstić information content (AvgIpc) is 2.29. The van der Waals surface area contributed by atoms with Gasteiger partial charge in [0.1, 0.15) is 0 Å². The number of aliphatic carboxylic acids is 1. The standard InChI is InChI=1S/C13H14N2O5/c1-7-2-3-8(15(19)20)6-11(7)14-12(16)9-4-5-10(9)13(17)18/h2-3,6,9-10H,4-5H2,1H3,(H,14,16)(H,17,18). The smallest absolute Gasteiger partial charge is 0.307 e. The molecule has 0 heterocycles. The van der Waals surface area contributed by atoms with Crippen molar-refractivity contribution in [3.63, 3.8) is 0 Å². The van der Waals surface area contributed by atoms with Crippen LogP contribution in [-0.4, -0.2) is 21.9 Å². The average molecular weight is 278 g/mol. The third-order valence-electron chi connectivity index (χ3n) is 3.62. The van der Waals surface area contributed by atoms with Crippen molar-refractivity contribution in [2.45, 2.75) is 19.8 Å². The molecule has 0 spiro atoms. The number of amides is 1. The molecule has 1 aliphatic carbocycles. The fourth-order valence-corrected chi connectivity index (χ4v) is 2.19. The molecule has 0 aliphatic heterocycles. The quantitative estimate of drug-likeness (QED) is 0.646. The van der Waals surface area contributed by atoms with Crippen molar-refractivity contribution in [3.8, 4) is 0 Å². The number of hydrogen-bond acceptors (Lipinski definition) is 4. The van der Waals surface area contributed by atoms with Gasteiger partial charge >= 0.3 is 5.97 Å². The van der Waals surface area contributed by atoms with Crippen LogP contribution in [0.4, 0.5) is 11.4 Å². The van der Waals surface area contributed by atoms with Crippen LogP contribution in [-0.2, 0) is 9.59 Å². The van der Waals surface area contributed by atoms with E-state index in [-0.39, 0.29) is 5.69 Å². The van der Waals surface area contributed by atoms with Crippen molar-refractivity contribution >= 4 is 23.3 Å². The van der Waals surface area contributed by atoms with E-state index in [0.29, 0.717) is 24.1 Å². The predicted molar refractivity (Wildman–Crippen MR) is 70.3 cm³/mol. The molecule has 0 aromatic heterocycles. The van der Waals surface area contributed by atoms with Crippen LogP contribution in [0.2, 0.25) is 0 Å². The Morgan fingerprint density at radius 3 is 2.50 bits per heavy atom. The van der Waals surface area contributed by atoms with Crippen LogP contribution in [0.15, 0.2) is 18.2 Å². The number of hydrogen-bond donors (Lipinski definition) is 2. The Morgan fingerprint density at radius 2 is 2.00 bits per heavy atom. The van der Waals surface area contributed by atoms with Crippen molar-refractivity contribution in [1.29, 1.82) is 0 Å². The minimum absolute atomic E-state index is 0.116. The summed E-state index contributed by atoms with van der Waals surface area (Å²) >= 11 is 0. The number of carbonyl (C=O) groups excluding carboxylic acids is 1. The first-order valence-electron chi connectivity index (χ1n) is 6.19. The van der Waals surface area contributed by atoms with Gasteiger partial charge in [-0.15, -0.1) is 0 Å². The van der Waals surface area contributed by atoms with Crippen molar-refractivity contribution in [2.24, 2.45) is 11.8 Å². The molecule has 2 N–H and O–H groups in total. The van der Waals surface area contributed by atoms with E-state index in [1.807, 2.05) is 0 Å². The summed E-state index contributed by atoms with van der Waals surface area (Å²) in [7, 11) is 0. The van der Waals surface area contributed by atoms with Gasteiger partial charge in [-0.3, -0.25) is 19.7 Å². The summed E-state index contributed by atoms with van der Waals surface area (Å²) in [5, 5.41) is 22.2. The van der Waals surface area contributed by atoms with Crippen molar-refractivity contribution in [3.05, 3.63) is 33.9 Å². The SMILES string of the molecule is Cc1ccc([N+](=O)[O-])cc1NC(=O)C1CCC1C(=O)O. The van der Waals surface area contributed by atoms with Crippen LogP contribution >= 0.6 is 0 Å². The molecule has 106 valence electrons. The highest BCUT2D eigenvalue weighted by atomic mass is 16.6. The molecule has 7 heteroatoms. The molecule has 7 nitrogen and oxygen atoms in total. The number of carboxylic acid groups (broad SMARTS) is 1. The Hall–Kier alpha value is -2.44. The number of aryl methyl sites for hydroxylation is 1. The van der Waals surface area contributed by atoms with Crippen molar-refractivity contribution in [2.75, 3.05) is 5.32 Å². The monoisotopic (exact) mass is 278 g/mol. The number of nitrogens with one attached hydrogen (secondary N) is 1. The summed E-state index contributed by atoms with van der Waals surface area (Å²) < 4.78 is 0. The molecule has 0 radical (unpaired) electrons. The minimum atomic E-state index is -0.979. The Bertz CT molecular complexity index is 584. The molecule has 2 rings (SSSR count). The Labute approximate surface area is 114 Å². The largest absolute Gasteiger partial charge is 0.481 e. The first-order chi connectivity index (χ1) is 9.40. The lowest BCUT2D eigenvalue weighted by Crippen LogP contribution is -2.41. The van der Waals surface area contributed by atoms with E-state index in [4.69, 9.17) is 5.11 Å². The number of nitrogens with zero attached hydrogens (tertiary/aromatic N) is 1. The van der Waals surface area contributed by atoms with E-state index in [2.05, 4.69) is 5.32 Å². The lowest BCUT2D eigenvalue weighted by Gasteiger charge is -2.32. The van der Waals surface area contributed by atoms with Crippen LogP contribution < -0.4 is 5.32 Å². The van der Waals surface area contributed by atoms with E-state index in [1.54, 1.807) is 13.0 Å². The molecule has 2 unspecified atom stereocenters. The summed E-state index contributed by atoms with van der Waals surface area (Å²) in [6.07, 6.45) is 1.01. The number of non-ortho nitro benzene ring substituents is 1. The predicted octanol–water partition coefficient (Wildman–Crippen LogP) is 1.95. The minimum Gasteiger partial charge on any atom is -0.481 e. The zero-order valence-corrected chi connectivity index (χ0v) is 10.8. The molecule has 0 saturated heterocycles. The summed E-state index contributed by atoms with van der Waals surface area (Å²) in [6, 6.07) is 4.18. The summed E-state index contributed by atoms with van der Waals surface area (Å²) in [6.45, 7) is 1.72. The van der Waals surface area contributed by atoms with Gasteiger partial charge in [0.25, 0.3) is 5.69 Å². The molecular weight excluding hydrogens is 264 g/mol. The molecule has 1 saturated carbocycles. The number of benzene rings is 1. The number of nitro benzene ring substituents is 1. The number of carboxylic acids is 1. The second-order valence-electron chi connectivity index (χ2n) is 4.87. The Kier molecular flexibility index (Phi) is 3.69. The van der Waals surface area contributed by atoms with Gasteiger partial charge in [0.05, 0.1) is 22.4 Å². The number of rotatable bonds is 4. The first kappa shape index (κ1) is 14.0. The third kappa shape index (κ3) is 2.61. The van der Waals surface area contributed by atoms with Crippen molar-refractivity contribution < 1.29 is 19.6 Å². The maximum atomic E-state index is 12.0. The van der Waals surface area contributed by atoms with E-state index in [9.17, 15) is 19.7 Å².